The van der Waals surface area contributed by atoms with Gasteiger partial charge in [-0.1, -0.05) is 72.3 Å². The third kappa shape index (κ3) is 2.94. The Morgan fingerprint density at radius 3 is 2.36 bits per heavy atom. The highest BCUT2D eigenvalue weighted by molar-refractivity contribution is 6.31. The lowest BCUT2D eigenvalue weighted by Gasteiger charge is -2.35. The summed E-state index contributed by atoms with van der Waals surface area (Å²) in [5.74, 6) is -1.17. The van der Waals surface area contributed by atoms with Crippen molar-refractivity contribution in [2.75, 3.05) is 5.32 Å². The molecule has 2 aliphatic rings. The first-order valence-corrected chi connectivity index (χ1v) is 10.5. The van der Waals surface area contributed by atoms with Gasteiger partial charge in [-0.15, -0.1) is 0 Å². The molecule has 5 rings (SSSR count). The predicted molar refractivity (Wildman–Crippen MR) is 124 cm³/mol. The Hall–Kier alpha value is -4.34. The van der Waals surface area contributed by atoms with E-state index in [1.165, 1.54) is 0 Å². The molecule has 2 aliphatic heterocycles. The zero-order valence-electron chi connectivity index (χ0n) is 17.1. The van der Waals surface area contributed by atoms with Crippen LogP contribution in [0.5, 0.6) is 0 Å². The van der Waals surface area contributed by atoms with E-state index in [9.17, 15) is 14.9 Å². The number of carbonyl (C=O) groups excluding carboxylic acids is 2. The molecule has 1 atom stereocenters. The zero-order valence-corrected chi connectivity index (χ0v) is 17.9. The average molecular weight is 454 g/mol. The van der Waals surface area contributed by atoms with Gasteiger partial charge in [0.1, 0.15) is 22.8 Å². The molecule has 0 saturated heterocycles. The number of anilines is 1. The number of benzene rings is 3. The fraction of sp³-hybridized carbons (Fsp3) is 0.0385. The number of fused-ring (bicyclic) bond motifs is 2. The van der Waals surface area contributed by atoms with Gasteiger partial charge in [0.2, 0.25) is 11.8 Å². The monoisotopic (exact) mass is 453 g/mol. The highest BCUT2D eigenvalue weighted by Gasteiger charge is 2.59. The molecule has 1 amide bonds. The van der Waals surface area contributed by atoms with Crippen LogP contribution < -0.4 is 11.1 Å². The van der Waals surface area contributed by atoms with Gasteiger partial charge in [-0.3, -0.25) is 9.59 Å². The maximum Gasteiger partial charge on any atom is 0.245 e. The van der Waals surface area contributed by atoms with Crippen molar-refractivity contribution in [1.29, 1.82) is 5.26 Å². The van der Waals surface area contributed by atoms with Gasteiger partial charge in [-0.2, -0.15) is 5.26 Å². The van der Waals surface area contributed by atoms with Crippen molar-refractivity contribution in [1.82, 2.24) is 0 Å². The Morgan fingerprint density at radius 2 is 1.70 bits per heavy atom. The fourth-order valence-electron chi connectivity index (χ4n) is 4.40. The van der Waals surface area contributed by atoms with Crippen LogP contribution in [0.2, 0.25) is 5.02 Å². The van der Waals surface area contributed by atoms with Gasteiger partial charge in [-0.05, 0) is 18.2 Å². The molecule has 1 spiro atoms. The van der Waals surface area contributed by atoms with E-state index in [0.717, 1.165) is 0 Å². The summed E-state index contributed by atoms with van der Waals surface area (Å²) in [6.07, 6.45) is 0. The van der Waals surface area contributed by atoms with Gasteiger partial charge in [-0.25, -0.2) is 0 Å². The van der Waals surface area contributed by atoms with E-state index in [0.29, 0.717) is 27.4 Å². The van der Waals surface area contributed by atoms with Gasteiger partial charge >= 0.3 is 0 Å². The number of nitrogens with one attached hydrogen (secondary N) is 1. The van der Waals surface area contributed by atoms with Crippen molar-refractivity contribution in [3.8, 4) is 6.07 Å². The van der Waals surface area contributed by atoms with E-state index in [4.69, 9.17) is 22.1 Å². The van der Waals surface area contributed by atoms with E-state index in [1.807, 2.05) is 12.1 Å². The number of ketones is 1. The topological polar surface area (TPSA) is 105 Å². The molecule has 160 valence electrons. The summed E-state index contributed by atoms with van der Waals surface area (Å²) in [5.41, 5.74) is 5.91. The number of nitrogens with zero attached hydrogens (tertiary/aromatic N) is 1. The summed E-state index contributed by atoms with van der Waals surface area (Å²) in [5, 5.41) is 13.3. The highest BCUT2D eigenvalue weighted by Crippen LogP contribution is 2.54. The Bertz CT molecular complexity index is 1420. The summed E-state index contributed by atoms with van der Waals surface area (Å²) in [4.78, 5) is 27.7. The number of halogens is 1. The molecule has 7 heteroatoms. The smallest absolute Gasteiger partial charge is 0.245 e. The third-order valence-corrected chi connectivity index (χ3v) is 6.06. The van der Waals surface area contributed by atoms with Crippen LogP contribution in [0.4, 0.5) is 5.69 Å². The van der Waals surface area contributed by atoms with E-state index in [-0.39, 0.29) is 22.8 Å². The van der Waals surface area contributed by atoms with Crippen LogP contribution >= 0.6 is 11.6 Å². The Kier molecular flexibility index (Phi) is 4.77. The normalized spacial score (nSPS) is 19.1. The van der Waals surface area contributed by atoms with Crippen LogP contribution in [-0.2, 0) is 14.9 Å². The second-order valence-electron chi connectivity index (χ2n) is 7.61. The van der Waals surface area contributed by atoms with Gasteiger partial charge in [0.15, 0.2) is 5.78 Å². The molecule has 3 N–H and O–H groups in total. The van der Waals surface area contributed by atoms with Crippen LogP contribution in [0.25, 0.3) is 5.76 Å². The molecule has 0 radical (unpaired) electrons. The number of carbonyl (C=O) groups is 2. The van der Waals surface area contributed by atoms with Gasteiger partial charge in [0.25, 0.3) is 0 Å². The molecular formula is C26H16ClN3O3. The third-order valence-electron chi connectivity index (χ3n) is 5.82. The van der Waals surface area contributed by atoms with Crippen molar-refractivity contribution in [2.24, 2.45) is 5.73 Å². The molecule has 1 unspecified atom stereocenters. The standard InChI is InChI=1S/C26H16ClN3O3/c27-17-11-12-20-18(13-17)26(25(32)30-20)19(14-28)24(29)33-23(16-9-5-2-6-10-16)21(26)22(31)15-7-3-1-4-8-15/h1-13H,29H2,(H,30,32). The van der Waals surface area contributed by atoms with Gasteiger partial charge in [0.05, 0.1) is 5.57 Å². The number of rotatable bonds is 3. The maximum atomic E-state index is 14.0. The van der Waals surface area contributed by atoms with Gasteiger partial charge < -0.3 is 15.8 Å². The minimum absolute atomic E-state index is 0.00386. The van der Waals surface area contributed by atoms with Crippen LogP contribution in [0.15, 0.2) is 95.9 Å². The molecule has 0 saturated carbocycles. The molecule has 0 aromatic heterocycles. The first kappa shape index (κ1) is 20.6. The second-order valence-corrected chi connectivity index (χ2v) is 8.05. The number of ether oxygens (including phenoxy) is 1. The van der Waals surface area contributed by atoms with Crippen molar-refractivity contribution in [3.05, 3.63) is 118 Å². The fourth-order valence-corrected chi connectivity index (χ4v) is 4.57. The summed E-state index contributed by atoms with van der Waals surface area (Å²) >= 11 is 6.30. The molecule has 6 nitrogen and oxygen atoms in total. The lowest BCUT2D eigenvalue weighted by molar-refractivity contribution is -0.118. The first-order valence-electron chi connectivity index (χ1n) is 10.1. The van der Waals surface area contributed by atoms with E-state index in [1.54, 1.807) is 72.8 Å². The molecule has 3 aromatic carbocycles. The molecule has 0 fully saturated rings. The van der Waals surface area contributed by atoms with Crippen LogP contribution in [0.1, 0.15) is 21.5 Å². The summed E-state index contributed by atoms with van der Waals surface area (Å²) < 4.78 is 5.89. The number of amides is 1. The van der Waals surface area contributed by atoms with Crippen molar-refractivity contribution >= 4 is 34.7 Å². The Morgan fingerprint density at radius 1 is 1.03 bits per heavy atom. The van der Waals surface area contributed by atoms with Crippen LogP contribution in [0, 0.1) is 11.3 Å². The minimum atomic E-state index is -1.82. The maximum absolute atomic E-state index is 14.0. The van der Waals surface area contributed by atoms with Crippen molar-refractivity contribution < 1.29 is 14.3 Å². The van der Waals surface area contributed by atoms with Crippen molar-refractivity contribution in [3.63, 3.8) is 0 Å². The lowest BCUT2D eigenvalue weighted by Crippen LogP contribution is -2.45. The largest absolute Gasteiger partial charge is 0.439 e. The summed E-state index contributed by atoms with van der Waals surface area (Å²) in [6.45, 7) is 0. The molecule has 2 heterocycles. The minimum Gasteiger partial charge on any atom is -0.439 e. The SMILES string of the molecule is N#CC1=C(N)OC(c2ccccc2)=C(C(=O)c2ccccc2)C12C(=O)Nc1ccc(Cl)cc12. The zero-order chi connectivity index (χ0) is 23.2. The predicted octanol–water partition coefficient (Wildman–Crippen LogP) is 4.55. The average Bonchev–Trinajstić information content (AvgIpc) is 3.11. The summed E-state index contributed by atoms with van der Waals surface area (Å²) in [7, 11) is 0. The number of hydrogen-bond acceptors (Lipinski definition) is 5. The van der Waals surface area contributed by atoms with E-state index in [2.05, 4.69) is 5.32 Å². The van der Waals surface area contributed by atoms with Crippen LogP contribution in [-0.4, -0.2) is 11.7 Å². The molecule has 3 aromatic rings. The number of hydrogen-bond donors (Lipinski definition) is 2. The molecule has 0 bridgehead atoms. The van der Waals surface area contributed by atoms with E-state index < -0.39 is 17.1 Å². The first-order chi connectivity index (χ1) is 16.0. The highest BCUT2D eigenvalue weighted by atomic mass is 35.5. The van der Waals surface area contributed by atoms with Gasteiger partial charge in [0, 0.05) is 27.4 Å². The molecule has 33 heavy (non-hydrogen) atoms. The quantitative estimate of drug-likeness (QED) is 0.566. The van der Waals surface area contributed by atoms with Crippen molar-refractivity contribution in [2.45, 2.75) is 5.41 Å². The number of nitriles is 1. The second kappa shape index (κ2) is 7.66. The summed E-state index contributed by atoms with van der Waals surface area (Å²) in [6, 6.07) is 24.3. The number of nitrogens with two attached hydrogens (primary N) is 1. The molecule has 0 aliphatic carbocycles. The Labute approximate surface area is 194 Å². The lowest BCUT2D eigenvalue weighted by atomic mass is 9.66. The van der Waals surface area contributed by atoms with E-state index >= 15 is 0 Å². The molecular weight excluding hydrogens is 438 g/mol. The number of Topliss-reactive ketones (excluding diaryl/α,β-unsaturated/α-hetero) is 1. The Balaban J connectivity index is 1.93. The van der Waals surface area contributed by atoms with Crippen LogP contribution in [0.3, 0.4) is 0 Å².